The van der Waals surface area contributed by atoms with Gasteiger partial charge in [0.05, 0.1) is 18.3 Å². The first-order chi connectivity index (χ1) is 18.4. The Hall–Kier alpha value is -4.11. The van der Waals surface area contributed by atoms with Crippen LogP contribution in [0.3, 0.4) is 0 Å². The predicted octanol–water partition coefficient (Wildman–Crippen LogP) is 5.00. The number of furan rings is 1. The Morgan fingerprint density at radius 2 is 1.95 bits per heavy atom. The van der Waals surface area contributed by atoms with Gasteiger partial charge < -0.3 is 9.40 Å². The fourth-order valence-electron chi connectivity index (χ4n) is 4.71. The molecule has 0 saturated heterocycles. The second-order valence-corrected chi connectivity index (χ2v) is 10.2. The number of aromatic nitrogens is 6. The van der Waals surface area contributed by atoms with E-state index in [0.717, 1.165) is 35.1 Å². The van der Waals surface area contributed by atoms with Gasteiger partial charge in [0, 0.05) is 30.0 Å². The SMILES string of the molecule is CCc1ccc2[nH]c(=O)c([C@H](c3nnnn3C(C)(C)CC)N(Cc3cccnc3)Cc3ccco3)cc2c1. The summed E-state index contributed by atoms with van der Waals surface area (Å²) in [6, 6.07) is 15.3. The highest BCUT2D eigenvalue weighted by atomic mass is 16.3. The van der Waals surface area contributed by atoms with E-state index < -0.39 is 6.04 Å². The number of hydrogen-bond acceptors (Lipinski definition) is 7. The van der Waals surface area contributed by atoms with Crippen LogP contribution in [0.4, 0.5) is 0 Å². The largest absolute Gasteiger partial charge is 0.468 e. The van der Waals surface area contributed by atoms with Crippen LogP contribution in [-0.2, 0) is 25.0 Å². The number of fused-ring (bicyclic) bond motifs is 1. The molecule has 5 aromatic rings. The zero-order valence-electron chi connectivity index (χ0n) is 22.3. The Morgan fingerprint density at radius 3 is 2.66 bits per heavy atom. The van der Waals surface area contributed by atoms with Gasteiger partial charge >= 0.3 is 0 Å². The fourth-order valence-corrected chi connectivity index (χ4v) is 4.71. The Bertz CT molecular complexity index is 1560. The molecule has 0 spiro atoms. The summed E-state index contributed by atoms with van der Waals surface area (Å²) >= 11 is 0. The normalized spacial score (nSPS) is 12.9. The van der Waals surface area contributed by atoms with Crippen molar-refractivity contribution < 1.29 is 4.42 Å². The molecule has 9 nitrogen and oxygen atoms in total. The fraction of sp³-hybridized carbons (Fsp3) is 0.345. The second-order valence-electron chi connectivity index (χ2n) is 10.2. The molecule has 5 rings (SSSR count). The number of tetrazole rings is 1. The van der Waals surface area contributed by atoms with Crippen LogP contribution in [0.5, 0.6) is 0 Å². The average Bonchev–Trinajstić information content (AvgIpc) is 3.62. The number of aromatic amines is 1. The zero-order valence-corrected chi connectivity index (χ0v) is 22.3. The number of aryl methyl sites for hydroxylation is 1. The molecular formula is C29H33N7O2. The van der Waals surface area contributed by atoms with Crippen LogP contribution in [-0.4, -0.2) is 35.1 Å². The van der Waals surface area contributed by atoms with Crippen molar-refractivity contribution in [2.24, 2.45) is 0 Å². The highest BCUT2D eigenvalue weighted by Gasteiger charge is 2.35. The number of nitrogens with zero attached hydrogens (tertiary/aromatic N) is 6. The summed E-state index contributed by atoms with van der Waals surface area (Å²) in [6.45, 7) is 9.37. The molecule has 0 aliphatic carbocycles. The van der Waals surface area contributed by atoms with Crippen molar-refractivity contribution in [2.45, 2.75) is 65.2 Å². The van der Waals surface area contributed by atoms with Gasteiger partial charge in [-0.3, -0.25) is 14.7 Å². The maximum Gasteiger partial charge on any atom is 0.253 e. The van der Waals surface area contributed by atoms with E-state index >= 15 is 0 Å². The number of hydrogen-bond donors (Lipinski definition) is 1. The van der Waals surface area contributed by atoms with E-state index in [1.165, 1.54) is 5.56 Å². The topological polar surface area (TPSA) is 106 Å². The Balaban J connectivity index is 1.73. The molecule has 0 fully saturated rings. The number of nitrogens with one attached hydrogen (secondary N) is 1. The second kappa shape index (κ2) is 10.7. The molecule has 0 bridgehead atoms. The summed E-state index contributed by atoms with van der Waals surface area (Å²) in [6.07, 6.45) is 6.96. The van der Waals surface area contributed by atoms with Crippen LogP contribution in [0, 0.1) is 0 Å². The van der Waals surface area contributed by atoms with Crippen LogP contribution in [0.25, 0.3) is 10.9 Å². The molecule has 9 heteroatoms. The molecule has 0 aliphatic heterocycles. The number of benzene rings is 1. The van der Waals surface area contributed by atoms with E-state index in [0.29, 0.717) is 24.5 Å². The number of pyridine rings is 2. The van der Waals surface area contributed by atoms with Gasteiger partial charge in [-0.1, -0.05) is 26.0 Å². The first kappa shape index (κ1) is 25.5. The number of rotatable bonds is 10. The molecule has 1 atom stereocenters. The highest BCUT2D eigenvalue weighted by molar-refractivity contribution is 5.80. The van der Waals surface area contributed by atoms with Gasteiger partial charge in [-0.2, -0.15) is 0 Å². The van der Waals surface area contributed by atoms with Gasteiger partial charge in [-0.25, -0.2) is 4.68 Å². The molecule has 1 N–H and O–H groups in total. The minimum atomic E-state index is -0.556. The first-order valence-corrected chi connectivity index (χ1v) is 13.0. The molecule has 4 heterocycles. The van der Waals surface area contributed by atoms with Crippen molar-refractivity contribution >= 4 is 10.9 Å². The van der Waals surface area contributed by atoms with Gasteiger partial charge in [0.1, 0.15) is 11.8 Å². The van der Waals surface area contributed by atoms with Gasteiger partial charge in [0.15, 0.2) is 5.82 Å². The minimum Gasteiger partial charge on any atom is -0.468 e. The summed E-state index contributed by atoms with van der Waals surface area (Å²) < 4.78 is 7.60. The highest BCUT2D eigenvalue weighted by Crippen LogP contribution is 2.33. The monoisotopic (exact) mass is 511 g/mol. The lowest BCUT2D eigenvalue weighted by atomic mass is 9.98. The molecule has 0 unspecified atom stereocenters. The first-order valence-electron chi connectivity index (χ1n) is 13.0. The molecule has 1 aromatic carbocycles. The van der Waals surface area contributed by atoms with E-state index in [1.54, 1.807) is 12.5 Å². The lowest BCUT2D eigenvalue weighted by Gasteiger charge is -2.33. The molecule has 0 saturated carbocycles. The van der Waals surface area contributed by atoms with E-state index in [-0.39, 0.29) is 11.1 Å². The van der Waals surface area contributed by atoms with Gasteiger partial charge in [-0.05, 0) is 90.0 Å². The van der Waals surface area contributed by atoms with Gasteiger partial charge in [0.2, 0.25) is 0 Å². The van der Waals surface area contributed by atoms with E-state index in [1.807, 2.05) is 53.3 Å². The van der Waals surface area contributed by atoms with E-state index in [9.17, 15) is 4.79 Å². The van der Waals surface area contributed by atoms with E-state index in [4.69, 9.17) is 4.42 Å². The summed E-state index contributed by atoms with van der Waals surface area (Å²) in [5.41, 5.74) is 3.04. The smallest absolute Gasteiger partial charge is 0.253 e. The van der Waals surface area contributed by atoms with Crippen LogP contribution in [0.1, 0.15) is 68.4 Å². The lowest BCUT2D eigenvalue weighted by Crippen LogP contribution is -2.38. The van der Waals surface area contributed by atoms with Crippen molar-refractivity contribution in [3.8, 4) is 0 Å². The summed E-state index contributed by atoms with van der Waals surface area (Å²) in [5.74, 6) is 1.38. The molecular weight excluding hydrogens is 478 g/mol. The van der Waals surface area contributed by atoms with Gasteiger partial charge in [-0.15, -0.1) is 5.10 Å². The average molecular weight is 512 g/mol. The van der Waals surface area contributed by atoms with Crippen LogP contribution >= 0.6 is 0 Å². The van der Waals surface area contributed by atoms with Crippen molar-refractivity contribution in [2.75, 3.05) is 0 Å². The van der Waals surface area contributed by atoms with Crippen molar-refractivity contribution in [3.63, 3.8) is 0 Å². The van der Waals surface area contributed by atoms with Gasteiger partial charge in [0.25, 0.3) is 5.56 Å². The van der Waals surface area contributed by atoms with Crippen molar-refractivity contribution in [3.05, 3.63) is 106 Å². The maximum atomic E-state index is 13.7. The molecule has 196 valence electrons. The summed E-state index contributed by atoms with van der Waals surface area (Å²) in [7, 11) is 0. The molecule has 0 amide bonds. The number of H-pyrrole nitrogens is 1. The summed E-state index contributed by atoms with van der Waals surface area (Å²) in [5, 5.41) is 14.0. The van der Waals surface area contributed by atoms with Crippen LogP contribution in [0.2, 0.25) is 0 Å². The Kier molecular flexibility index (Phi) is 7.20. The lowest BCUT2D eigenvalue weighted by molar-refractivity contribution is 0.168. The Labute approximate surface area is 221 Å². The molecule has 0 aliphatic rings. The zero-order chi connectivity index (χ0) is 26.7. The molecule has 38 heavy (non-hydrogen) atoms. The standard InChI is InChI=1S/C29H33N7O2/c1-5-20-11-12-25-22(15-20)16-24(28(37)31-25)26(27-32-33-34-36(27)29(3,4)6-2)35(19-23-10-8-14-38-23)18-21-9-7-13-30-17-21/h7-17,26H,5-6,18-19H2,1-4H3,(H,31,37)/t26-/m1/s1. The third kappa shape index (κ3) is 5.15. The molecule has 4 aromatic heterocycles. The third-order valence-electron chi connectivity index (χ3n) is 7.23. The van der Waals surface area contributed by atoms with Crippen LogP contribution in [0.15, 0.2) is 76.4 Å². The minimum absolute atomic E-state index is 0.175. The maximum absolute atomic E-state index is 13.7. The molecule has 0 radical (unpaired) electrons. The Morgan fingerprint density at radius 1 is 1.08 bits per heavy atom. The quantitative estimate of drug-likeness (QED) is 0.281. The van der Waals surface area contributed by atoms with Crippen molar-refractivity contribution in [1.82, 2.24) is 35.1 Å². The summed E-state index contributed by atoms with van der Waals surface area (Å²) in [4.78, 5) is 23.3. The van der Waals surface area contributed by atoms with Crippen LogP contribution < -0.4 is 5.56 Å². The predicted molar refractivity (Wildman–Crippen MR) is 145 cm³/mol. The van der Waals surface area contributed by atoms with Crippen molar-refractivity contribution in [1.29, 1.82) is 0 Å². The third-order valence-corrected chi connectivity index (χ3v) is 7.23. The van der Waals surface area contributed by atoms with E-state index in [2.05, 4.69) is 64.2 Å².